The Hall–Kier alpha value is -2.28. The Morgan fingerprint density at radius 1 is 1.04 bits per heavy atom. The predicted octanol–water partition coefficient (Wildman–Crippen LogP) is 0.561. The van der Waals surface area contributed by atoms with Crippen LogP contribution < -0.4 is 10.2 Å². The van der Waals surface area contributed by atoms with E-state index in [2.05, 4.69) is 5.32 Å². The van der Waals surface area contributed by atoms with Crippen LogP contribution in [0.2, 0.25) is 0 Å². The Labute approximate surface area is 159 Å². The highest BCUT2D eigenvalue weighted by Gasteiger charge is 2.22. The Bertz CT molecular complexity index is 741. The van der Waals surface area contributed by atoms with Crippen LogP contribution in [0.4, 0.5) is 0 Å². The van der Waals surface area contributed by atoms with Crippen molar-refractivity contribution >= 4 is 23.2 Å². The van der Waals surface area contributed by atoms with Gasteiger partial charge in [-0.05, 0) is 35.5 Å². The molecule has 3 rings (SSSR count). The van der Waals surface area contributed by atoms with Crippen LogP contribution in [0, 0.1) is 0 Å². The molecule has 26 heavy (non-hydrogen) atoms. The predicted molar refractivity (Wildman–Crippen MR) is 106 cm³/mol. The number of hydrogen-bond acceptors (Lipinski definition) is 3. The molecule has 0 bridgehead atoms. The number of hydrogen-bond donors (Lipinski definition) is 3. The summed E-state index contributed by atoms with van der Waals surface area (Å²) >= 11 is 5.39. The van der Waals surface area contributed by atoms with Crippen molar-refractivity contribution in [3.8, 4) is 11.1 Å². The van der Waals surface area contributed by atoms with Crippen LogP contribution in [0.15, 0.2) is 54.6 Å². The largest absolute Gasteiger partial charge is 0.391 e. The van der Waals surface area contributed by atoms with E-state index in [0.29, 0.717) is 10.7 Å². The summed E-state index contributed by atoms with van der Waals surface area (Å²) < 4.78 is 0. The molecule has 0 aromatic heterocycles. The molecule has 0 spiro atoms. The maximum Gasteiger partial charge on any atom is 0.257 e. The maximum atomic E-state index is 12.4. The summed E-state index contributed by atoms with van der Waals surface area (Å²) in [5, 5.41) is 12.3. The zero-order valence-electron chi connectivity index (χ0n) is 14.6. The van der Waals surface area contributed by atoms with Crippen LogP contribution in [0.5, 0.6) is 0 Å². The van der Waals surface area contributed by atoms with Gasteiger partial charge in [-0.15, -0.1) is 0 Å². The zero-order valence-corrected chi connectivity index (χ0v) is 15.5. The highest BCUT2D eigenvalue weighted by Crippen LogP contribution is 2.19. The van der Waals surface area contributed by atoms with Crippen molar-refractivity contribution < 1.29 is 14.8 Å². The molecule has 3 N–H and O–H groups in total. The summed E-state index contributed by atoms with van der Waals surface area (Å²) in [7, 11) is 0. The SMILES string of the molecule is O=C(NC(=S)N1CC[NH+](CCO)CC1)c1ccc(-c2ccccc2)cc1. The van der Waals surface area contributed by atoms with E-state index in [0.717, 1.165) is 43.9 Å². The molecule has 5 nitrogen and oxygen atoms in total. The lowest BCUT2D eigenvalue weighted by atomic mass is 10.0. The number of nitrogens with zero attached hydrogens (tertiary/aromatic N) is 1. The first-order valence-corrected chi connectivity index (χ1v) is 9.28. The number of aliphatic hydroxyl groups excluding tert-OH is 1. The summed E-state index contributed by atoms with van der Waals surface area (Å²) in [5.41, 5.74) is 2.79. The number of rotatable bonds is 4. The highest BCUT2D eigenvalue weighted by molar-refractivity contribution is 7.80. The van der Waals surface area contributed by atoms with E-state index in [1.165, 1.54) is 4.90 Å². The van der Waals surface area contributed by atoms with Crippen LogP contribution in [-0.4, -0.2) is 60.4 Å². The first-order chi connectivity index (χ1) is 12.7. The van der Waals surface area contributed by atoms with E-state index < -0.39 is 0 Å². The van der Waals surface area contributed by atoms with Gasteiger partial charge in [-0.1, -0.05) is 42.5 Å². The molecule has 0 aliphatic carbocycles. The van der Waals surface area contributed by atoms with Crippen molar-refractivity contribution in [3.63, 3.8) is 0 Å². The van der Waals surface area contributed by atoms with E-state index in [1.807, 2.05) is 59.5 Å². The van der Waals surface area contributed by atoms with Gasteiger partial charge in [-0.25, -0.2) is 0 Å². The second-order valence-electron chi connectivity index (χ2n) is 6.41. The molecule has 1 amide bonds. The summed E-state index contributed by atoms with van der Waals surface area (Å²) in [5.74, 6) is -0.181. The van der Waals surface area contributed by atoms with Gasteiger partial charge in [0.15, 0.2) is 5.11 Å². The fourth-order valence-electron chi connectivity index (χ4n) is 3.13. The molecule has 2 aromatic carbocycles. The second kappa shape index (κ2) is 8.89. The van der Waals surface area contributed by atoms with E-state index in [1.54, 1.807) is 0 Å². The lowest BCUT2D eigenvalue weighted by Gasteiger charge is -2.33. The number of nitrogens with one attached hydrogen (secondary N) is 2. The fourth-order valence-corrected chi connectivity index (χ4v) is 3.40. The molecular formula is C20H24N3O2S+. The minimum absolute atomic E-state index is 0.181. The quantitative estimate of drug-likeness (QED) is 0.689. The van der Waals surface area contributed by atoms with E-state index in [9.17, 15) is 4.79 Å². The smallest absolute Gasteiger partial charge is 0.257 e. The second-order valence-corrected chi connectivity index (χ2v) is 6.80. The summed E-state index contributed by atoms with van der Waals surface area (Å²) in [4.78, 5) is 15.8. The van der Waals surface area contributed by atoms with Crippen molar-refractivity contribution in [1.29, 1.82) is 0 Å². The summed E-state index contributed by atoms with van der Waals surface area (Å²) in [6.45, 7) is 4.39. The highest BCUT2D eigenvalue weighted by atomic mass is 32.1. The van der Waals surface area contributed by atoms with Gasteiger partial charge >= 0.3 is 0 Å². The molecule has 0 radical (unpaired) electrons. The lowest BCUT2D eigenvalue weighted by molar-refractivity contribution is -0.904. The lowest BCUT2D eigenvalue weighted by Crippen LogP contribution is -3.15. The molecule has 2 aromatic rings. The molecule has 0 unspecified atom stereocenters. The van der Waals surface area contributed by atoms with Gasteiger partial charge in [-0.2, -0.15) is 0 Å². The van der Waals surface area contributed by atoms with Crippen LogP contribution in [0.25, 0.3) is 11.1 Å². The molecule has 1 aliphatic heterocycles. The molecule has 136 valence electrons. The van der Waals surface area contributed by atoms with Gasteiger partial charge in [0.1, 0.15) is 6.54 Å². The minimum Gasteiger partial charge on any atom is -0.391 e. The van der Waals surface area contributed by atoms with Gasteiger partial charge in [0, 0.05) is 5.56 Å². The Balaban J connectivity index is 1.55. The number of carbonyl (C=O) groups is 1. The van der Waals surface area contributed by atoms with Crippen molar-refractivity contribution in [2.24, 2.45) is 0 Å². The third kappa shape index (κ3) is 4.66. The minimum atomic E-state index is -0.181. The van der Waals surface area contributed by atoms with Gasteiger partial charge in [-0.3, -0.25) is 10.1 Å². The average Bonchev–Trinajstić information content (AvgIpc) is 2.69. The number of carbonyl (C=O) groups excluding carboxylic acids is 1. The number of benzene rings is 2. The molecule has 6 heteroatoms. The van der Waals surface area contributed by atoms with Crippen molar-refractivity contribution in [2.75, 3.05) is 39.3 Å². The number of piperazine rings is 1. The van der Waals surface area contributed by atoms with Gasteiger partial charge in [0.25, 0.3) is 5.91 Å². The Morgan fingerprint density at radius 3 is 2.27 bits per heavy atom. The third-order valence-electron chi connectivity index (χ3n) is 4.70. The third-order valence-corrected chi connectivity index (χ3v) is 5.06. The van der Waals surface area contributed by atoms with Crippen LogP contribution in [0.3, 0.4) is 0 Å². The molecule has 1 heterocycles. The number of thiocarbonyl (C=S) groups is 1. The van der Waals surface area contributed by atoms with Crippen molar-refractivity contribution in [2.45, 2.75) is 0 Å². The number of aliphatic hydroxyl groups is 1. The van der Waals surface area contributed by atoms with Gasteiger partial charge in [0.2, 0.25) is 0 Å². The van der Waals surface area contributed by atoms with E-state index >= 15 is 0 Å². The van der Waals surface area contributed by atoms with Crippen molar-refractivity contribution in [3.05, 3.63) is 60.2 Å². The average molecular weight is 370 g/mol. The van der Waals surface area contributed by atoms with E-state index in [4.69, 9.17) is 17.3 Å². The van der Waals surface area contributed by atoms with Crippen LogP contribution >= 0.6 is 12.2 Å². The maximum absolute atomic E-state index is 12.4. The molecular weight excluding hydrogens is 346 g/mol. The van der Waals surface area contributed by atoms with Gasteiger partial charge in [0.05, 0.1) is 32.8 Å². The van der Waals surface area contributed by atoms with Crippen LogP contribution in [0.1, 0.15) is 10.4 Å². The molecule has 1 saturated heterocycles. The standard InChI is InChI=1S/C20H23N3O2S/c24-15-14-22-10-12-23(13-11-22)20(26)21-19(25)18-8-6-17(7-9-18)16-4-2-1-3-5-16/h1-9,24H,10-15H2,(H,21,25,26)/p+1. The molecule has 1 aliphatic rings. The fraction of sp³-hybridized carbons (Fsp3) is 0.300. The summed E-state index contributed by atoms with van der Waals surface area (Å²) in [6, 6.07) is 17.6. The topological polar surface area (TPSA) is 57.0 Å². The molecule has 1 fully saturated rings. The normalized spacial score (nSPS) is 14.9. The number of quaternary nitrogens is 1. The Kier molecular flexibility index (Phi) is 6.33. The number of amides is 1. The molecule has 0 saturated carbocycles. The Morgan fingerprint density at radius 2 is 1.65 bits per heavy atom. The monoisotopic (exact) mass is 370 g/mol. The zero-order chi connectivity index (χ0) is 18.4. The van der Waals surface area contributed by atoms with E-state index in [-0.39, 0.29) is 12.5 Å². The molecule has 0 atom stereocenters. The van der Waals surface area contributed by atoms with Crippen molar-refractivity contribution in [1.82, 2.24) is 10.2 Å². The summed E-state index contributed by atoms with van der Waals surface area (Å²) in [6.07, 6.45) is 0. The first-order valence-electron chi connectivity index (χ1n) is 8.87. The first kappa shape index (κ1) is 18.5. The van der Waals surface area contributed by atoms with Crippen LogP contribution in [-0.2, 0) is 0 Å². The van der Waals surface area contributed by atoms with Gasteiger partial charge < -0.3 is 14.9 Å².